The number of hydrogen-bond donors (Lipinski definition) is 1. The largest absolute Gasteiger partial charge is 0.392 e. The highest BCUT2D eigenvalue weighted by Gasteiger charge is 2.36. The topological polar surface area (TPSA) is 57.6 Å². The Hall–Kier alpha value is -0.430. The van der Waals surface area contributed by atoms with E-state index in [4.69, 9.17) is 0 Å². The molecule has 4 nitrogen and oxygen atoms in total. The fourth-order valence-electron chi connectivity index (χ4n) is 2.32. The highest BCUT2D eigenvalue weighted by Crippen LogP contribution is 2.39. The van der Waals surface area contributed by atoms with Crippen molar-refractivity contribution in [2.45, 2.75) is 31.8 Å². The van der Waals surface area contributed by atoms with Gasteiger partial charge in [-0.15, -0.1) is 0 Å². The standard InChI is InChI=1S/C14H20BrNO3S/c1-9-4-12(9)7-16(3)20(18,19)14-6-11(8-17)5-13(15)10(14)2/h5-6,9,12,17H,4,7-8H2,1-3H3. The number of sulfonamides is 1. The molecule has 0 amide bonds. The molecule has 1 aliphatic rings. The Morgan fingerprint density at radius 2 is 2.05 bits per heavy atom. The Morgan fingerprint density at radius 1 is 1.45 bits per heavy atom. The molecular weight excluding hydrogens is 342 g/mol. The molecular formula is C14H20BrNO3S. The lowest BCUT2D eigenvalue weighted by Crippen LogP contribution is -2.30. The van der Waals surface area contributed by atoms with Gasteiger partial charge in [0.15, 0.2) is 0 Å². The molecule has 0 radical (unpaired) electrons. The van der Waals surface area contributed by atoms with E-state index < -0.39 is 10.0 Å². The number of nitrogens with zero attached hydrogens (tertiary/aromatic N) is 1. The van der Waals surface area contributed by atoms with Gasteiger partial charge in [-0.1, -0.05) is 22.9 Å². The van der Waals surface area contributed by atoms with Gasteiger partial charge >= 0.3 is 0 Å². The van der Waals surface area contributed by atoms with E-state index in [2.05, 4.69) is 22.9 Å². The number of hydrogen-bond acceptors (Lipinski definition) is 3. The molecule has 0 heterocycles. The van der Waals surface area contributed by atoms with Gasteiger partial charge in [-0.05, 0) is 48.4 Å². The number of rotatable bonds is 5. The normalized spacial score (nSPS) is 22.3. The molecule has 0 bridgehead atoms. The molecule has 0 saturated heterocycles. The van der Waals surface area contributed by atoms with Crippen molar-refractivity contribution < 1.29 is 13.5 Å². The van der Waals surface area contributed by atoms with Crippen LogP contribution in [0, 0.1) is 18.8 Å². The van der Waals surface area contributed by atoms with Crippen LogP contribution in [0.15, 0.2) is 21.5 Å². The zero-order chi connectivity index (χ0) is 15.1. The van der Waals surface area contributed by atoms with Crippen molar-refractivity contribution in [1.29, 1.82) is 0 Å². The van der Waals surface area contributed by atoms with E-state index >= 15 is 0 Å². The summed E-state index contributed by atoms with van der Waals surface area (Å²) >= 11 is 3.36. The van der Waals surface area contributed by atoms with Gasteiger partial charge in [0.25, 0.3) is 0 Å². The van der Waals surface area contributed by atoms with E-state index in [0.717, 1.165) is 6.42 Å². The SMILES string of the molecule is Cc1c(Br)cc(CO)cc1S(=O)(=O)N(C)CC1CC1C. The fourth-order valence-corrected chi connectivity index (χ4v) is 4.48. The highest BCUT2D eigenvalue weighted by molar-refractivity contribution is 9.10. The van der Waals surface area contributed by atoms with Crippen molar-refractivity contribution in [2.75, 3.05) is 13.6 Å². The summed E-state index contributed by atoms with van der Waals surface area (Å²) in [6.45, 7) is 4.29. The van der Waals surface area contributed by atoms with Crippen LogP contribution in [0.3, 0.4) is 0 Å². The van der Waals surface area contributed by atoms with E-state index in [0.29, 0.717) is 34.0 Å². The molecule has 1 aliphatic carbocycles. The molecule has 0 spiro atoms. The van der Waals surface area contributed by atoms with Crippen LogP contribution in [0.5, 0.6) is 0 Å². The number of aliphatic hydroxyl groups is 1. The summed E-state index contributed by atoms with van der Waals surface area (Å²) in [7, 11) is -1.89. The number of halogens is 1. The van der Waals surface area contributed by atoms with Crippen molar-refractivity contribution in [1.82, 2.24) is 4.31 Å². The summed E-state index contributed by atoms with van der Waals surface area (Å²) in [5.74, 6) is 1.09. The van der Waals surface area contributed by atoms with Gasteiger partial charge in [0.05, 0.1) is 11.5 Å². The molecule has 1 saturated carbocycles. The van der Waals surface area contributed by atoms with E-state index in [9.17, 15) is 13.5 Å². The van der Waals surface area contributed by atoms with Gasteiger partial charge in [-0.25, -0.2) is 12.7 Å². The smallest absolute Gasteiger partial charge is 0.243 e. The lowest BCUT2D eigenvalue weighted by molar-refractivity contribution is 0.281. The van der Waals surface area contributed by atoms with Crippen LogP contribution in [0.4, 0.5) is 0 Å². The molecule has 0 aliphatic heterocycles. The molecule has 2 rings (SSSR count). The van der Waals surface area contributed by atoms with Crippen molar-refractivity contribution in [3.8, 4) is 0 Å². The first-order chi connectivity index (χ1) is 9.27. The van der Waals surface area contributed by atoms with Crippen LogP contribution in [0.2, 0.25) is 0 Å². The minimum Gasteiger partial charge on any atom is -0.392 e. The van der Waals surface area contributed by atoms with Crippen LogP contribution in [0.25, 0.3) is 0 Å². The second-order valence-electron chi connectivity index (χ2n) is 5.62. The van der Waals surface area contributed by atoms with E-state index in [1.54, 1.807) is 26.1 Å². The van der Waals surface area contributed by atoms with E-state index in [-0.39, 0.29) is 11.5 Å². The summed E-state index contributed by atoms with van der Waals surface area (Å²) in [5, 5.41) is 9.24. The third-order valence-corrected chi connectivity index (χ3v) is 6.77. The van der Waals surface area contributed by atoms with Gasteiger partial charge in [0, 0.05) is 18.1 Å². The molecule has 1 aromatic rings. The molecule has 0 aromatic heterocycles. The zero-order valence-electron chi connectivity index (χ0n) is 11.9. The van der Waals surface area contributed by atoms with Gasteiger partial charge in [0.2, 0.25) is 10.0 Å². The summed E-state index contributed by atoms with van der Waals surface area (Å²) in [6.07, 6.45) is 1.10. The van der Waals surface area contributed by atoms with Crippen molar-refractivity contribution >= 4 is 26.0 Å². The molecule has 1 fully saturated rings. The summed E-state index contributed by atoms with van der Waals surface area (Å²) < 4.78 is 27.5. The van der Waals surface area contributed by atoms with Gasteiger partial charge in [-0.2, -0.15) is 0 Å². The number of benzene rings is 1. The van der Waals surface area contributed by atoms with Gasteiger partial charge in [-0.3, -0.25) is 0 Å². The van der Waals surface area contributed by atoms with E-state index in [1.807, 2.05) is 0 Å². The molecule has 112 valence electrons. The summed E-state index contributed by atoms with van der Waals surface area (Å²) in [6, 6.07) is 3.31. The molecule has 20 heavy (non-hydrogen) atoms. The van der Waals surface area contributed by atoms with Crippen molar-refractivity contribution in [3.05, 3.63) is 27.7 Å². The second kappa shape index (κ2) is 5.75. The van der Waals surface area contributed by atoms with Gasteiger partial charge in [0.1, 0.15) is 0 Å². The Balaban J connectivity index is 2.35. The average Bonchev–Trinajstić information content (AvgIpc) is 3.07. The Kier molecular flexibility index (Phi) is 4.59. The van der Waals surface area contributed by atoms with Crippen LogP contribution in [0.1, 0.15) is 24.5 Å². The van der Waals surface area contributed by atoms with Gasteiger partial charge < -0.3 is 5.11 Å². The first kappa shape index (κ1) is 15.9. The summed E-state index contributed by atoms with van der Waals surface area (Å²) in [4.78, 5) is 0.270. The Labute approximate surface area is 129 Å². The Morgan fingerprint density at radius 3 is 2.55 bits per heavy atom. The van der Waals surface area contributed by atoms with Crippen molar-refractivity contribution in [3.63, 3.8) is 0 Å². The predicted octanol–water partition coefficient (Wildman–Crippen LogP) is 2.53. The lowest BCUT2D eigenvalue weighted by atomic mass is 10.2. The van der Waals surface area contributed by atoms with Crippen LogP contribution in [-0.2, 0) is 16.6 Å². The molecule has 6 heteroatoms. The fraction of sp³-hybridized carbons (Fsp3) is 0.571. The zero-order valence-corrected chi connectivity index (χ0v) is 14.3. The summed E-state index contributed by atoms with van der Waals surface area (Å²) in [5.41, 5.74) is 1.27. The van der Waals surface area contributed by atoms with Crippen LogP contribution < -0.4 is 0 Å². The maximum Gasteiger partial charge on any atom is 0.243 e. The second-order valence-corrected chi connectivity index (χ2v) is 8.49. The van der Waals surface area contributed by atoms with Crippen molar-refractivity contribution in [2.24, 2.45) is 11.8 Å². The highest BCUT2D eigenvalue weighted by atomic mass is 79.9. The average molecular weight is 362 g/mol. The van der Waals surface area contributed by atoms with Crippen LogP contribution >= 0.6 is 15.9 Å². The third-order valence-electron chi connectivity index (χ3n) is 4.00. The first-order valence-electron chi connectivity index (χ1n) is 6.63. The molecule has 2 unspecified atom stereocenters. The first-order valence-corrected chi connectivity index (χ1v) is 8.87. The predicted molar refractivity (Wildman–Crippen MR) is 81.9 cm³/mol. The molecule has 1 N–H and O–H groups in total. The lowest BCUT2D eigenvalue weighted by Gasteiger charge is -2.19. The maximum atomic E-state index is 12.7. The molecule has 2 atom stereocenters. The molecule has 1 aromatic carbocycles. The minimum atomic E-state index is -3.51. The quantitative estimate of drug-likeness (QED) is 0.876. The minimum absolute atomic E-state index is 0.176. The number of aliphatic hydroxyl groups excluding tert-OH is 1. The monoisotopic (exact) mass is 361 g/mol. The maximum absolute atomic E-state index is 12.7. The Bertz CT molecular complexity index is 615. The third kappa shape index (κ3) is 3.08. The van der Waals surface area contributed by atoms with E-state index in [1.165, 1.54) is 4.31 Å². The van der Waals surface area contributed by atoms with Crippen LogP contribution in [-0.4, -0.2) is 31.4 Å².